The van der Waals surface area contributed by atoms with Gasteiger partial charge in [-0.3, -0.25) is 0 Å². The third-order valence-electron chi connectivity index (χ3n) is 3.11. The first kappa shape index (κ1) is 14.3. The molecule has 1 aromatic rings. The second-order valence-electron chi connectivity index (χ2n) is 4.61. The lowest BCUT2D eigenvalue weighted by Crippen LogP contribution is -2.32. The Morgan fingerprint density at radius 3 is 2.32 bits per heavy atom. The molecule has 1 aromatic carbocycles. The highest BCUT2D eigenvalue weighted by Crippen LogP contribution is 2.23. The van der Waals surface area contributed by atoms with Crippen molar-refractivity contribution >= 4 is 25.5 Å². The van der Waals surface area contributed by atoms with Gasteiger partial charge in [0.15, 0.2) is 0 Å². The Morgan fingerprint density at radius 2 is 1.74 bits per heavy atom. The van der Waals surface area contributed by atoms with Crippen molar-refractivity contribution in [2.45, 2.75) is 23.8 Å². The van der Waals surface area contributed by atoms with E-state index in [0.717, 1.165) is 0 Å². The zero-order chi connectivity index (χ0) is 14.1. The zero-order valence-electron chi connectivity index (χ0n) is 10.2. The molecule has 106 valence electrons. The lowest BCUT2D eigenvalue weighted by atomic mass is 10.1. The minimum absolute atomic E-state index is 0.0310. The summed E-state index contributed by atoms with van der Waals surface area (Å²) in [5.41, 5.74) is 0.425. The molecular formula is C11H16N2O4S2. The van der Waals surface area contributed by atoms with E-state index in [1.807, 2.05) is 0 Å². The van der Waals surface area contributed by atoms with Crippen LogP contribution in [0.25, 0.3) is 0 Å². The summed E-state index contributed by atoms with van der Waals surface area (Å²) < 4.78 is 45.5. The predicted octanol–water partition coefficient (Wildman–Crippen LogP) is 0.323. The standard InChI is InChI=1S/C11H16N2O4S2/c12-19(16,17)11-4-2-1-3-10(11)13-9-5-7-18(14,15)8-6-9/h1-4,9,13H,5-8H2,(H2,12,16,17). The van der Waals surface area contributed by atoms with Gasteiger partial charge >= 0.3 is 0 Å². The highest BCUT2D eigenvalue weighted by Gasteiger charge is 2.24. The Labute approximate surface area is 113 Å². The highest BCUT2D eigenvalue weighted by molar-refractivity contribution is 7.91. The molecule has 1 aliphatic rings. The summed E-state index contributed by atoms with van der Waals surface area (Å²) in [6, 6.07) is 6.30. The molecule has 1 heterocycles. The Morgan fingerprint density at radius 1 is 1.16 bits per heavy atom. The number of sulfonamides is 1. The second-order valence-corrected chi connectivity index (χ2v) is 8.45. The van der Waals surface area contributed by atoms with Crippen LogP contribution in [0.2, 0.25) is 0 Å². The van der Waals surface area contributed by atoms with Crippen molar-refractivity contribution in [3.63, 3.8) is 0 Å². The van der Waals surface area contributed by atoms with Gasteiger partial charge in [-0.15, -0.1) is 0 Å². The summed E-state index contributed by atoms with van der Waals surface area (Å²) in [5, 5.41) is 8.21. The number of hydrogen-bond donors (Lipinski definition) is 2. The molecule has 1 fully saturated rings. The lowest BCUT2D eigenvalue weighted by Gasteiger charge is -2.24. The van der Waals surface area contributed by atoms with E-state index in [4.69, 9.17) is 5.14 Å². The van der Waals surface area contributed by atoms with Crippen LogP contribution in [0.1, 0.15) is 12.8 Å². The third-order valence-corrected chi connectivity index (χ3v) is 5.79. The number of rotatable bonds is 3. The molecule has 0 saturated carbocycles. The average molecular weight is 304 g/mol. The molecule has 0 radical (unpaired) electrons. The van der Waals surface area contributed by atoms with Gasteiger partial charge in [-0.1, -0.05) is 12.1 Å². The number of nitrogens with two attached hydrogens (primary N) is 1. The Kier molecular flexibility index (Phi) is 3.84. The van der Waals surface area contributed by atoms with Crippen molar-refractivity contribution in [2.24, 2.45) is 5.14 Å². The molecular weight excluding hydrogens is 288 g/mol. The summed E-state index contributed by atoms with van der Waals surface area (Å²) in [6.45, 7) is 0. The molecule has 0 atom stereocenters. The molecule has 6 nitrogen and oxygen atoms in total. The number of anilines is 1. The van der Waals surface area contributed by atoms with Gasteiger partial charge in [0.2, 0.25) is 10.0 Å². The van der Waals surface area contributed by atoms with E-state index in [9.17, 15) is 16.8 Å². The van der Waals surface area contributed by atoms with Crippen LogP contribution >= 0.6 is 0 Å². The number of primary sulfonamides is 1. The van der Waals surface area contributed by atoms with Crippen molar-refractivity contribution in [3.05, 3.63) is 24.3 Å². The maximum absolute atomic E-state index is 11.4. The van der Waals surface area contributed by atoms with Crippen molar-refractivity contribution < 1.29 is 16.8 Å². The fourth-order valence-electron chi connectivity index (χ4n) is 2.09. The Hall–Kier alpha value is -1.12. The normalized spacial score (nSPS) is 20.1. The van der Waals surface area contributed by atoms with Crippen molar-refractivity contribution in [3.8, 4) is 0 Å². The molecule has 0 unspecified atom stereocenters. The molecule has 1 aliphatic heterocycles. The van der Waals surface area contributed by atoms with Crippen LogP contribution in [0.4, 0.5) is 5.69 Å². The van der Waals surface area contributed by atoms with Crippen LogP contribution in [0.3, 0.4) is 0 Å². The fraction of sp³-hybridized carbons (Fsp3) is 0.455. The molecule has 0 aliphatic carbocycles. The van der Waals surface area contributed by atoms with E-state index in [-0.39, 0.29) is 22.4 Å². The van der Waals surface area contributed by atoms with Crippen LogP contribution in [0, 0.1) is 0 Å². The van der Waals surface area contributed by atoms with Crippen LogP contribution in [-0.4, -0.2) is 34.4 Å². The predicted molar refractivity (Wildman–Crippen MR) is 73.1 cm³/mol. The van der Waals surface area contributed by atoms with Gasteiger partial charge in [-0.05, 0) is 25.0 Å². The highest BCUT2D eigenvalue weighted by atomic mass is 32.2. The van der Waals surface area contributed by atoms with E-state index in [2.05, 4.69) is 5.32 Å². The summed E-state index contributed by atoms with van der Waals surface area (Å²) in [5.74, 6) is 0.254. The van der Waals surface area contributed by atoms with Gasteiger partial charge in [-0.2, -0.15) is 0 Å². The Balaban J connectivity index is 2.17. The van der Waals surface area contributed by atoms with Crippen LogP contribution in [0.15, 0.2) is 29.2 Å². The molecule has 0 aromatic heterocycles. The molecule has 1 saturated heterocycles. The SMILES string of the molecule is NS(=O)(=O)c1ccccc1NC1CCS(=O)(=O)CC1. The Bertz CT molecular complexity index is 654. The van der Waals surface area contributed by atoms with E-state index in [1.165, 1.54) is 6.07 Å². The first-order valence-corrected chi connectivity index (χ1v) is 9.23. The summed E-state index contributed by atoms with van der Waals surface area (Å²) >= 11 is 0. The van der Waals surface area contributed by atoms with Gasteiger partial charge in [0, 0.05) is 6.04 Å². The molecule has 3 N–H and O–H groups in total. The summed E-state index contributed by atoms with van der Waals surface area (Å²) in [6.07, 6.45) is 0.947. The smallest absolute Gasteiger partial charge is 0.240 e. The van der Waals surface area contributed by atoms with Gasteiger partial charge < -0.3 is 5.32 Å². The zero-order valence-corrected chi connectivity index (χ0v) is 11.9. The number of benzene rings is 1. The monoisotopic (exact) mass is 304 g/mol. The molecule has 19 heavy (non-hydrogen) atoms. The van der Waals surface area contributed by atoms with Crippen molar-refractivity contribution in [1.29, 1.82) is 0 Å². The first-order chi connectivity index (χ1) is 8.78. The first-order valence-electron chi connectivity index (χ1n) is 5.87. The molecule has 2 rings (SSSR count). The molecule has 0 bridgehead atoms. The van der Waals surface area contributed by atoms with E-state index in [1.54, 1.807) is 18.2 Å². The van der Waals surface area contributed by atoms with Crippen LogP contribution in [-0.2, 0) is 19.9 Å². The van der Waals surface area contributed by atoms with Gasteiger partial charge in [0.1, 0.15) is 14.7 Å². The van der Waals surface area contributed by atoms with E-state index < -0.39 is 19.9 Å². The van der Waals surface area contributed by atoms with Crippen molar-refractivity contribution in [2.75, 3.05) is 16.8 Å². The number of para-hydroxylation sites is 1. The van der Waals surface area contributed by atoms with Crippen molar-refractivity contribution in [1.82, 2.24) is 0 Å². The maximum Gasteiger partial charge on any atom is 0.240 e. The largest absolute Gasteiger partial charge is 0.381 e. The van der Waals surface area contributed by atoms with Crippen LogP contribution < -0.4 is 10.5 Å². The minimum Gasteiger partial charge on any atom is -0.381 e. The van der Waals surface area contributed by atoms with Gasteiger partial charge in [-0.25, -0.2) is 22.0 Å². The third kappa shape index (κ3) is 3.68. The number of sulfone groups is 1. The van der Waals surface area contributed by atoms with Crippen LogP contribution in [0.5, 0.6) is 0 Å². The number of hydrogen-bond acceptors (Lipinski definition) is 5. The summed E-state index contributed by atoms with van der Waals surface area (Å²) in [7, 11) is -6.72. The van der Waals surface area contributed by atoms with Gasteiger partial charge in [0.25, 0.3) is 0 Å². The fourth-order valence-corrected chi connectivity index (χ4v) is 4.28. The molecule has 8 heteroatoms. The number of nitrogens with one attached hydrogen (secondary N) is 1. The van der Waals surface area contributed by atoms with E-state index >= 15 is 0 Å². The molecule has 0 amide bonds. The van der Waals surface area contributed by atoms with E-state index in [0.29, 0.717) is 18.5 Å². The summed E-state index contributed by atoms with van der Waals surface area (Å²) in [4.78, 5) is 0.0310. The topological polar surface area (TPSA) is 106 Å². The lowest BCUT2D eigenvalue weighted by molar-refractivity contribution is 0.558. The quantitative estimate of drug-likeness (QED) is 0.836. The second kappa shape index (κ2) is 5.10. The minimum atomic E-state index is -3.79. The molecule has 0 spiro atoms. The maximum atomic E-state index is 11.4. The van der Waals surface area contributed by atoms with Gasteiger partial charge in [0.05, 0.1) is 17.2 Å². The average Bonchev–Trinajstić information content (AvgIpc) is 2.31.